The summed E-state index contributed by atoms with van der Waals surface area (Å²) in [6.07, 6.45) is 4.99. The summed E-state index contributed by atoms with van der Waals surface area (Å²) in [5.74, 6) is 0.109. The van der Waals surface area contributed by atoms with Gasteiger partial charge in [-0.3, -0.25) is 14.9 Å². The zero-order valence-electron chi connectivity index (χ0n) is 15.4. The summed E-state index contributed by atoms with van der Waals surface area (Å²) >= 11 is 0. The molecule has 3 unspecified atom stereocenters. The fourth-order valence-corrected chi connectivity index (χ4v) is 4.21. The number of carbonyl (C=O) groups is 1. The third-order valence-electron chi connectivity index (χ3n) is 5.52. The molecule has 1 amide bonds. The quantitative estimate of drug-likeness (QED) is 0.425. The van der Waals surface area contributed by atoms with Crippen molar-refractivity contribution in [1.29, 1.82) is 0 Å². The number of aromatic hydroxyl groups is 1. The van der Waals surface area contributed by atoms with Crippen LogP contribution in [0.25, 0.3) is 0 Å². The average Bonchev–Trinajstić information content (AvgIpc) is 3.17. The highest BCUT2D eigenvalue weighted by molar-refractivity contribution is 5.95. The van der Waals surface area contributed by atoms with Crippen molar-refractivity contribution >= 4 is 17.3 Å². The molecule has 0 saturated carbocycles. The van der Waals surface area contributed by atoms with Gasteiger partial charge in [-0.25, -0.2) is 0 Å². The first kappa shape index (κ1) is 18.0. The normalized spacial score (nSPS) is 22.1. The number of nitrogens with zero attached hydrogens (tertiary/aromatic N) is 1. The Morgan fingerprint density at radius 2 is 2.11 bits per heavy atom. The topological polar surface area (TPSA) is 104 Å². The molecule has 0 aromatic heterocycles. The number of phenols is 1. The van der Waals surface area contributed by atoms with Gasteiger partial charge in [0.05, 0.1) is 11.0 Å². The van der Waals surface area contributed by atoms with E-state index in [4.69, 9.17) is 0 Å². The van der Waals surface area contributed by atoms with E-state index >= 15 is 0 Å². The number of nitro benzene ring substituents is 1. The largest absolute Gasteiger partial charge is 0.508 e. The van der Waals surface area contributed by atoms with Crippen LogP contribution in [0.5, 0.6) is 5.75 Å². The Morgan fingerprint density at radius 1 is 1.29 bits per heavy atom. The van der Waals surface area contributed by atoms with E-state index in [1.54, 1.807) is 6.07 Å². The smallest absolute Gasteiger partial charge is 0.270 e. The molecule has 1 heterocycles. The Labute approximate surface area is 162 Å². The highest BCUT2D eigenvalue weighted by atomic mass is 16.6. The lowest BCUT2D eigenvalue weighted by Crippen LogP contribution is -2.30. The van der Waals surface area contributed by atoms with Gasteiger partial charge in [0.2, 0.25) is 0 Å². The minimum atomic E-state index is -0.456. The molecule has 1 aliphatic carbocycles. The Kier molecular flexibility index (Phi) is 4.50. The fourth-order valence-electron chi connectivity index (χ4n) is 4.21. The first-order valence-corrected chi connectivity index (χ1v) is 9.32. The lowest BCUT2D eigenvalue weighted by molar-refractivity contribution is -0.385. The number of carbonyl (C=O) groups excluding carboxylic acids is 1. The highest BCUT2D eigenvalue weighted by Gasteiger charge is 2.39. The number of nitrogens with one attached hydrogen (secondary N) is 2. The minimum absolute atomic E-state index is 0.0381. The lowest BCUT2D eigenvalue weighted by atomic mass is 9.76. The molecule has 144 valence electrons. The predicted octanol–water partition coefficient (Wildman–Crippen LogP) is 3.88. The van der Waals surface area contributed by atoms with E-state index in [-0.39, 0.29) is 35.2 Å². The van der Waals surface area contributed by atoms with Crippen LogP contribution in [0, 0.1) is 16.0 Å². The van der Waals surface area contributed by atoms with Gasteiger partial charge in [0.25, 0.3) is 11.6 Å². The summed E-state index contributed by atoms with van der Waals surface area (Å²) in [6.45, 7) is 2.44. The maximum atomic E-state index is 12.2. The van der Waals surface area contributed by atoms with Gasteiger partial charge in [-0.15, -0.1) is 0 Å². The summed E-state index contributed by atoms with van der Waals surface area (Å²) in [7, 11) is 0. The van der Waals surface area contributed by atoms with Crippen LogP contribution < -0.4 is 10.6 Å². The van der Waals surface area contributed by atoms with Gasteiger partial charge in [-0.2, -0.15) is 0 Å². The van der Waals surface area contributed by atoms with Gasteiger partial charge in [0, 0.05) is 41.4 Å². The van der Waals surface area contributed by atoms with E-state index in [1.165, 1.54) is 18.2 Å². The van der Waals surface area contributed by atoms with Crippen molar-refractivity contribution in [3.8, 4) is 5.75 Å². The molecule has 0 radical (unpaired) electrons. The number of hydrogen-bond donors (Lipinski definition) is 3. The first-order chi connectivity index (χ1) is 13.5. The first-order valence-electron chi connectivity index (χ1n) is 9.32. The summed E-state index contributed by atoms with van der Waals surface area (Å²) in [5, 5.41) is 27.8. The molecule has 2 aromatic carbocycles. The SMILES string of the molecule is CCNC(=O)c1ccc2c(c1)C1C=CCC1C(c1cc([N+](=O)[O-])ccc1O)N2. The fraction of sp³-hybridized carbons (Fsp3) is 0.286. The van der Waals surface area contributed by atoms with E-state index in [9.17, 15) is 20.0 Å². The van der Waals surface area contributed by atoms with Gasteiger partial charge in [0.15, 0.2) is 0 Å². The van der Waals surface area contributed by atoms with Crippen molar-refractivity contribution in [2.45, 2.75) is 25.3 Å². The Balaban J connectivity index is 1.75. The average molecular weight is 379 g/mol. The molecule has 7 heteroatoms. The Morgan fingerprint density at radius 3 is 2.86 bits per heavy atom. The summed E-state index contributed by atoms with van der Waals surface area (Å²) < 4.78 is 0. The van der Waals surface area contributed by atoms with Crippen LogP contribution in [0.15, 0.2) is 48.6 Å². The number of amides is 1. The summed E-state index contributed by atoms with van der Waals surface area (Å²) in [6, 6.07) is 9.39. The number of fused-ring (bicyclic) bond motifs is 3. The van der Waals surface area contributed by atoms with E-state index in [1.807, 2.05) is 19.1 Å². The second kappa shape index (κ2) is 6.99. The number of phenolic OH excluding ortho intramolecular Hbond substituents is 1. The summed E-state index contributed by atoms with van der Waals surface area (Å²) in [4.78, 5) is 22.9. The Bertz CT molecular complexity index is 986. The number of hydrogen-bond acceptors (Lipinski definition) is 5. The number of anilines is 1. The van der Waals surface area contributed by atoms with Crippen LogP contribution in [0.1, 0.15) is 46.8 Å². The van der Waals surface area contributed by atoms with Crippen LogP contribution in [0.2, 0.25) is 0 Å². The molecule has 3 N–H and O–H groups in total. The van der Waals surface area contributed by atoms with Gasteiger partial charge in [0.1, 0.15) is 5.75 Å². The number of non-ortho nitro benzene ring substituents is 1. The zero-order chi connectivity index (χ0) is 19.8. The van der Waals surface area contributed by atoms with E-state index < -0.39 is 4.92 Å². The van der Waals surface area contributed by atoms with Crippen molar-refractivity contribution in [2.75, 3.05) is 11.9 Å². The second-order valence-corrected chi connectivity index (χ2v) is 7.14. The number of benzene rings is 2. The molecule has 7 nitrogen and oxygen atoms in total. The molecule has 3 atom stereocenters. The Hall–Kier alpha value is -3.35. The van der Waals surface area contributed by atoms with Gasteiger partial charge < -0.3 is 15.7 Å². The van der Waals surface area contributed by atoms with Crippen molar-refractivity contribution in [3.63, 3.8) is 0 Å². The van der Waals surface area contributed by atoms with Crippen LogP contribution in [-0.4, -0.2) is 22.5 Å². The molecule has 28 heavy (non-hydrogen) atoms. The molecular formula is C21H21N3O4. The summed E-state index contributed by atoms with van der Waals surface area (Å²) in [5.41, 5.74) is 2.99. The molecule has 0 spiro atoms. The van der Waals surface area contributed by atoms with Crippen LogP contribution in [0.3, 0.4) is 0 Å². The van der Waals surface area contributed by atoms with Crippen LogP contribution in [-0.2, 0) is 0 Å². The molecule has 2 aromatic rings. The number of allylic oxidation sites excluding steroid dienone is 2. The van der Waals surface area contributed by atoms with Crippen LogP contribution in [0.4, 0.5) is 11.4 Å². The predicted molar refractivity (Wildman–Crippen MR) is 106 cm³/mol. The molecule has 0 bridgehead atoms. The minimum Gasteiger partial charge on any atom is -0.508 e. The molecule has 1 aliphatic heterocycles. The third-order valence-corrected chi connectivity index (χ3v) is 5.52. The van der Waals surface area contributed by atoms with Gasteiger partial charge in [-0.1, -0.05) is 12.2 Å². The molecule has 2 aliphatic rings. The molecule has 0 fully saturated rings. The zero-order valence-corrected chi connectivity index (χ0v) is 15.4. The number of nitro groups is 1. The van der Waals surface area contributed by atoms with Crippen LogP contribution >= 0.6 is 0 Å². The molecule has 0 saturated heterocycles. The lowest BCUT2D eigenvalue weighted by Gasteiger charge is -2.37. The maximum Gasteiger partial charge on any atom is 0.270 e. The second-order valence-electron chi connectivity index (χ2n) is 7.14. The van der Waals surface area contributed by atoms with Crippen molar-refractivity contribution < 1.29 is 14.8 Å². The maximum absolute atomic E-state index is 12.2. The highest BCUT2D eigenvalue weighted by Crippen LogP contribution is 2.51. The molecule has 4 rings (SSSR count). The monoisotopic (exact) mass is 379 g/mol. The number of rotatable bonds is 4. The van der Waals surface area contributed by atoms with Gasteiger partial charge in [-0.05, 0) is 49.1 Å². The third kappa shape index (κ3) is 2.98. The standard InChI is InChI=1S/C21H21N3O4/c1-2-22-21(26)12-6-8-18-16(10-12)14-4-3-5-15(14)20(23-18)17-11-13(24(27)28)7-9-19(17)25/h3-4,6-11,14-15,20,23,25H,2,5H2,1H3,(H,22,26). The van der Waals surface area contributed by atoms with E-state index in [2.05, 4.69) is 22.8 Å². The van der Waals surface area contributed by atoms with E-state index in [0.717, 1.165) is 17.7 Å². The van der Waals surface area contributed by atoms with E-state index in [0.29, 0.717) is 17.7 Å². The van der Waals surface area contributed by atoms with Crippen molar-refractivity contribution in [2.24, 2.45) is 5.92 Å². The van der Waals surface area contributed by atoms with Crippen molar-refractivity contribution in [3.05, 3.63) is 75.4 Å². The van der Waals surface area contributed by atoms with Crippen molar-refractivity contribution in [1.82, 2.24) is 5.32 Å². The van der Waals surface area contributed by atoms with Gasteiger partial charge >= 0.3 is 0 Å². The molecular weight excluding hydrogens is 358 g/mol.